The van der Waals surface area contributed by atoms with Gasteiger partial charge < -0.3 is 15.2 Å². The summed E-state index contributed by atoms with van der Waals surface area (Å²) in [6.45, 7) is 3.52. The molecule has 0 radical (unpaired) electrons. The van der Waals surface area contributed by atoms with E-state index >= 15 is 0 Å². The van der Waals surface area contributed by atoms with Crippen LogP contribution in [0.1, 0.15) is 78.6 Å². The molecule has 2 N–H and O–H groups in total. The quantitative estimate of drug-likeness (QED) is 0.739. The Labute approximate surface area is 182 Å². The predicted octanol–water partition coefficient (Wildman–Crippen LogP) is 3.84. The maximum atomic E-state index is 13.1. The van der Waals surface area contributed by atoms with E-state index in [2.05, 4.69) is 21.8 Å². The van der Waals surface area contributed by atoms with Gasteiger partial charge in [-0.25, -0.2) is 0 Å². The van der Waals surface area contributed by atoms with Crippen LogP contribution in [0.5, 0.6) is 0 Å². The molecule has 2 unspecified atom stereocenters. The van der Waals surface area contributed by atoms with Crippen LogP contribution in [0, 0.1) is 0 Å². The molecule has 1 aromatic carbocycles. The van der Waals surface area contributed by atoms with Crippen molar-refractivity contribution in [2.75, 3.05) is 0 Å². The lowest BCUT2D eigenvalue weighted by Gasteiger charge is -2.47. The van der Waals surface area contributed by atoms with E-state index in [1.54, 1.807) is 0 Å². The SMILES string of the molecule is C=CC(=O)NC1CCCCC1NC(=O)c1ccc2cc3n(c2c1)C1(CCC1)CCC3=O. The number of fused-ring (bicyclic) bond motifs is 4. The minimum absolute atomic E-state index is 0.0452. The zero-order chi connectivity index (χ0) is 21.6. The van der Waals surface area contributed by atoms with Gasteiger partial charge in [-0.2, -0.15) is 0 Å². The minimum Gasteiger partial charge on any atom is -0.348 e. The molecule has 2 amide bonds. The van der Waals surface area contributed by atoms with E-state index in [1.807, 2.05) is 24.3 Å². The number of nitrogens with one attached hydrogen (secondary N) is 2. The molecule has 5 rings (SSSR count). The summed E-state index contributed by atoms with van der Waals surface area (Å²) >= 11 is 0. The van der Waals surface area contributed by atoms with Crippen molar-refractivity contribution in [3.05, 3.63) is 48.2 Å². The number of hydrogen-bond acceptors (Lipinski definition) is 3. The van der Waals surface area contributed by atoms with Crippen molar-refractivity contribution in [2.24, 2.45) is 0 Å². The van der Waals surface area contributed by atoms with Gasteiger partial charge in [-0.15, -0.1) is 0 Å². The second kappa shape index (κ2) is 7.66. The van der Waals surface area contributed by atoms with Crippen LogP contribution < -0.4 is 10.6 Å². The van der Waals surface area contributed by atoms with Crippen molar-refractivity contribution in [1.29, 1.82) is 0 Å². The van der Waals surface area contributed by atoms with Crippen molar-refractivity contribution >= 4 is 28.5 Å². The first-order valence-electron chi connectivity index (χ1n) is 11.4. The van der Waals surface area contributed by atoms with E-state index < -0.39 is 0 Å². The summed E-state index contributed by atoms with van der Waals surface area (Å²) in [5, 5.41) is 7.12. The van der Waals surface area contributed by atoms with Crippen molar-refractivity contribution in [2.45, 2.75) is 75.4 Å². The lowest BCUT2D eigenvalue weighted by molar-refractivity contribution is -0.117. The smallest absolute Gasteiger partial charge is 0.251 e. The average molecular weight is 420 g/mol. The lowest BCUT2D eigenvalue weighted by atomic mass is 9.71. The molecule has 2 heterocycles. The van der Waals surface area contributed by atoms with Crippen molar-refractivity contribution in [1.82, 2.24) is 15.2 Å². The monoisotopic (exact) mass is 419 g/mol. The summed E-state index contributed by atoms with van der Waals surface area (Å²) in [6.07, 6.45) is 9.92. The number of hydrogen-bond donors (Lipinski definition) is 2. The Balaban J connectivity index is 1.43. The lowest BCUT2D eigenvalue weighted by Crippen LogP contribution is -2.52. The molecule has 2 saturated carbocycles. The molecule has 2 aliphatic carbocycles. The van der Waals surface area contributed by atoms with Crippen molar-refractivity contribution < 1.29 is 14.4 Å². The molecule has 1 aliphatic heterocycles. The molecule has 31 heavy (non-hydrogen) atoms. The summed E-state index contributed by atoms with van der Waals surface area (Å²) in [6, 6.07) is 7.54. The van der Waals surface area contributed by atoms with Crippen LogP contribution in [0.4, 0.5) is 0 Å². The van der Waals surface area contributed by atoms with E-state index in [4.69, 9.17) is 0 Å². The van der Waals surface area contributed by atoms with Crippen LogP contribution in [-0.2, 0) is 10.3 Å². The highest BCUT2D eigenvalue weighted by molar-refractivity contribution is 6.03. The first-order valence-corrected chi connectivity index (χ1v) is 11.4. The summed E-state index contributed by atoms with van der Waals surface area (Å²) < 4.78 is 2.22. The third kappa shape index (κ3) is 3.38. The number of rotatable bonds is 4. The maximum absolute atomic E-state index is 13.1. The topological polar surface area (TPSA) is 80.2 Å². The number of aromatic nitrogens is 1. The van der Waals surface area contributed by atoms with E-state index in [1.165, 1.54) is 12.5 Å². The van der Waals surface area contributed by atoms with Crippen LogP contribution in [0.2, 0.25) is 0 Å². The molecule has 1 spiro atoms. The second-order valence-electron chi connectivity index (χ2n) is 9.32. The van der Waals surface area contributed by atoms with E-state index in [0.29, 0.717) is 12.0 Å². The normalized spacial score (nSPS) is 24.3. The molecule has 162 valence electrons. The molecule has 2 aromatic rings. The van der Waals surface area contributed by atoms with E-state index in [-0.39, 0.29) is 35.2 Å². The van der Waals surface area contributed by atoms with Gasteiger partial charge in [0, 0.05) is 40.5 Å². The molecule has 3 aliphatic rings. The molecule has 2 atom stereocenters. The van der Waals surface area contributed by atoms with Crippen LogP contribution in [0.15, 0.2) is 36.9 Å². The molecule has 1 aromatic heterocycles. The summed E-state index contributed by atoms with van der Waals surface area (Å²) in [4.78, 5) is 37.5. The van der Waals surface area contributed by atoms with Gasteiger partial charge in [-0.05, 0) is 62.8 Å². The Morgan fingerprint density at radius 3 is 2.45 bits per heavy atom. The minimum atomic E-state index is -0.206. The fourth-order valence-electron chi connectivity index (χ4n) is 5.67. The third-order valence-corrected chi connectivity index (χ3v) is 7.52. The van der Waals surface area contributed by atoms with Gasteiger partial charge in [-0.3, -0.25) is 14.4 Å². The zero-order valence-electron chi connectivity index (χ0n) is 17.8. The fraction of sp³-hybridized carbons (Fsp3) is 0.480. The van der Waals surface area contributed by atoms with Crippen LogP contribution >= 0.6 is 0 Å². The third-order valence-electron chi connectivity index (χ3n) is 7.52. The Kier molecular flexibility index (Phi) is 4.95. The molecule has 0 saturated heterocycles. The molecule has 6 nitrogen and oxygen atoms in total. The maximum Gasteiger partial charge on any atom is 0.251 e. The Bertz CT molecular complexity index is 1080. The first-order chi connectivity index (χ1) is 15.0. The van der Waals surface area contributed by atoms with E-state index in [0.717, 1.165) is 61.5 Å². The number of amides is 2. The number of ketones is 1. The highest BCUT2D eigenvalue weighted by Crippen LogP contribution is 2.48. The summed E-state index contributed by atoms with van der Waals surface area (Å²) in [5.41, 5.74) is 2.41. The summed E-state index contributed by atoms with van der Waals surface area (Å²) in [7, 11) is 0. The number of nitrogens with zero attached hydrogens (tertiary/aromatic N) is 1. The Hall–Kier alpha value is -2.89. The second-order valence-corrected chi connectivity index (χ2v) is 9.32. The Morgan fingerprint density at radius 2 is 1.77 bits per heavy atom. The van der Waals surface area contributed by atoms with E-state index in [9.17, 15) is 14.4 Å². The number of carbonyl (C=O) groups excluding carboxylic acids is 3. The zero-order valence-corrected chi connectivity index (χ0v) is 17.8. The van der Waals surface area contributed by atoms with Crippen LogP contribution in [0.3, 0.4) is 0 Å². The van der Waals surface area contributed by atoms with Gasteiger partial charge >= 0.3 is 0 Å². The highest BCUT2D eigenvalue weighted by Gasteiger charge is 2.44. The van der Waals surface area contributed by atoms with Gasteiger partial charge in [0.05, 0.1) is 5.69 Å². The van der Waals surface area contributed by atoms with Gasteiger partial charge in [0.25, 0.3) is 5.91 Å². The molecular weight excluding hydrogens is 390 g/mol. The van der Waals surface area contributed by atoms with Crippen molar-refractivity contribution in [3.8, 4) is 0 Å². The number of Topliss-reactive ketones (excluding diaryl/α,β-unsaturated/α-hetero) is 1. The largest absolute Gasteiger partial charge is 0.348 e. The number of benzene rings is 1. The molecule has 6 heteroatoms. The average Bonchev–Trinajstić information content (AvgIpc) is 3.14. The van der Waals surface area contributed by atoms with Crippen LogP contribution in [0.25, 0.3) is 10.9 Å². The van der Waals surface area contributed by atoms with Gasteiger partial charge in [0.2, 0.25) is 5.91 Å². The van der Waals surface area contributed by atoms with Crippen molar-refractivity contribution in [3.63, 3.8) is 0 Å². The first kappa shape index (κ1) is 20.0. The molecule has 2 fully saturated rings. The van der Waals surface area contributed by atoms with Crippen LogP contribution in [-0.4, -0.2) is 34.2 Å². The summed E-state index contributed by atoms with van der Waals surface area (Å²) in [5.74, 6) is -0.141. The van der Waals surface area contributed by atoms with Gasteiger partial charge in [0.15, 0.2) is 5.78 Å². The van der Waals surface area contributed by atoms with Gasteiger partial charge in [0.1, 0.15) is 0 Å². The highest BCUT2D eigenvalue weighted by atomic mass is 16.2. The molecule has 0 bridgehead atoms. The molecular formula is C25H29N3O3. The number of carbonyl (C=O) groups is 3. The fourth-order valence-corrected chi connectivity index (χ4v) is 5.67. The standard InChI is InChI=1S/C25H29N3O3/c1-2-23(30)26-18-6-3-4-7-19(18)27-24(31)17-9-8-16-14-21-22(29)10-13-25(11-5-12-25)28(21)20(16)15-17/h2,8-9,14-15,18-19H,1,3-7,10-13H2,(H,26,30)(H,27,31). The Morgan fingerprint density at radius 1 is 1.03 bits per heavy atom. The van der Waals surface area contributed by atoms with Gasteiger partial charge in [-0.1, -0.05) is 25.5 Å². The predicted molar refractivity (Wildman–Crippen MR) is 119 cm³/mol.